The zero-order valence-electron chi connectivity index (χ0n) is 9.74. The standard InChI is InChI=1S/C12H22N2O/c1-3-5-6-10(4-2)9-11(15)12-13-7-8-14-12/h7-8,10-11,15H,3-6,9H2,1-2H3,(H,13,14). The van der Waals surface area contributed by atoms with Crippen molar-refractivity contribution in [3.8, 4) is 0 Å². The number of hydrogen-bond acceptors (Lipinski definition) is 2. The number of unbranched alkanes of at least 4 members (excludes halogenated alkanes) is 1. The Hall–Kier alpha value is -0.830. The van der Waals surface area contributed by atoms with Crippen LogP contribution in [-0.2, 0) is 0 Å². The van der Waals surface area contributed by atoms with Gasteiger partial charge in [-0.1, -0.05) is 39.5 Å². The number of aliphatic hydroxyl groups is 1. The molecule has 0 saturated carbocycles. The van der Waals surface area contributed by atoms with E-state index in [1.807, 2.05) is 0 Å². The Morgan fingerprint density at radius 1 is 1.47 bits per heavy atom. The number of hydrogen-bond donors (Lipinski definition) is 2. The lowest BCUT2D eigenvalue weighted by Gasteiger charge is -2.17. The van der Waals surface area contributed by atoms with E-state index in [1.54, 1.807) is 12.4 Å². The molecule has 0 amide bonds. The molecule has 0 radical (unpaired) electrons. The summed E-state index contributed by atoms with van der Waals surface area (Å²) in [6, 6.07) is 0. The number of imidazole rings is 1. The van der Waals surface area contributed by atoms with Crippen LogP contribution in [0, 0.1) is 5.92 Å². The third-order valence-electron chi connectivity index (χ3n) is 2.93. The first-order valence-corrected chi connectivity index (χ1v) is 5.95. The van der Waals surface area contributed by atoms with Gasteiger partial charge in [0.2, 0.25) is 0 Å². The topological polar surface area (TPSA) is 48.9 Å². The van der Waals surface area contributed by atoms with Gasteiger partial charge in [-0.05, 0) is 12.3 Å². The number of aliphatic hydroxyl groups excluding tert-OH is 1. The monoisotopic (exact) mass is 210 g/mol. The van der Waals surface area contributed by atoms with Crippen LogP contribution in [0.1, 0.15) is 57.9 Å². The molecule has 0 bridgehead atoms. The number of H-pyrrole nitrogens is 1. The number of aromatic amines is 1. The van der Waals surface area contributed by atoms with Crippen molar-refractivity contribution in [1.82, 2.24) is 9.97 Å². The second-order valence-electron chi connectivity index (χ2n) is 4.14. The minimum atomic E-state index is -0.429. The summed E-state index contributed by atoms with van der Waals surface area (Å²) in [4.78, 5) is 7.04. The van der Waals surface area contributed by atoms with Gasteiger partial charge < -0.3 is 10.1 Å². The lowest BCUT2D eigenvalue weighted by atomic mass is 9.93. The molecule has 0 spiro atoms. The molecule has 86 valence electrons. The maximum Gasteiger partial charge on any atom is 0.135 e. The smallest absolute Gasteiger partial charge is 0.135 e. The van der Waals surface area contributed by atoms with Crippen LogP contribution >= 0.6 is 0 Å². The molecule has 3 heteroatoms. The highest BCUT2D eigenvalue weighted by Crippen LogP contribution is 2.24. The van der Waals surface area contributed by atoms with Crippen LogP contribution in [0.25, 0.3) is 0 Å². The fourth-order valence-corrected chi connectivity index (χ4v) is 1.87. The van der Waals surface area contributed by atoms with Crippen molar-refractivity contribution >= 4 is 0 Å². The second-order valence-corrected chi connectivity index (χ2v) is 4.14. The van der Waals surface area contributed by atoms with E-state index in [0.717, 1.165) is 12.8 Å². The first-order chi connectivity index (χ1) is 7.27. The van der Waals surface area contributed by atoms with Crippen molar-refractivity contribution in [1.29, 1.82) is 0 Å². The molecule has 0 aliphatic heterocycles. The molecule has 0 aromatic carbocycles. The normalized spacial score (nSPS) is 15.1. The maximum atomic E-state index is 9.92. The first kappa shape index (κ1) is 12.2. The molecule has 2 unspecified atom stereocenters. The van der Waals surface area contributed by atoms with Crippen LogP contribution in [0.5, 0.6) is 0 Å². The van der Waals surface area contributed by atoms with Crippen LogP contribution in [0.15, 0.2) is 12.4 Å². The van der Waals surface area contributed by atoms with Gasteiger partial charge in [0.25, 0.3) is 0 Å². The molecule has 3 nitrogen and oxygen atoms in total. The summed E-state index contributed by atoms with van der Waals surface area (Å²) in [6.45, 7) is 4.39. The highest BCUT2D eigenvalue weighted by molar-refractivity contribution is 4.92. The summed E-state index contributed by atoms with van der Waals surface area (Å²) in [7, 11) is 0. The summed E-state index contributed by atoms with van der Waals surface area (Å²) in [6.07, 6.45) is 8.67. The minimum Gasteiger partial charge on any atom is -0.385 e. The Morgan fingerprint density at radius 3 is 2.80 bits per heavy atom. The quantitative estimate of drug-likeness (QED) is 0.726. The number of nitrogens with one attached hydrogen (secondary N) is 1. The van der Waals surface area contributed by atoms with E-state index >= 15 is 0 Å². The van der Waals surface area contributed by atoms with Crippen molar-refractivity contribution in [2.24, 2.45) is 5.92 Å². The van der Waals surface area contributed by atoms with Crippen molar-refractivity contribution < 1.29 is 5.11 Å². The minimum absolute atomic E-state index is 0.429. The van der Waals surface area contributed by atoms with Gasteiger partial charge in [0.1, 0.15) is 11.9 Å². The Balaban J connectivity index is 2.37. The van der Waals surface area contributed by atoms with Gasteiger partial charge >= 0.3 is 0 Å². The van der Waals surface area contributed by atoms with Gasteiger partial charge in [-0.3, -0.25) is 0 Å². The third kappa shape index (κ3) is 4.04. The van der Waals surface area contributed by atoms with Crippen LogP contribution in [-0.4, -0.2) is 15.1 Å². The zero-order valence-corrected chi connectivity index (χ0v) is 9.74. The van der Waals surface area contributed by atoms with Crippen LogP contribution in [0.3, 0.4) is 0 Å². The van der Waals surface area contributed by atoms with Gasteiger partial charge in [0, 0.05) is 12.4 Å². The van der Waals surface area contributed by atoms with Gasteiger partial charge in [0.15, 0.2) is 0 Å². The molecule has 0 fully saturated rings. The summed E-state index contributed by atoms with van der Waals surface area (Å²) in [5, 5.41) is 9.92. The molecule has 1 aromatic heterocycles. The predicted octanol–water partition coefficient (Wildman–Crippen LogP) is 3.05. The third-order valence-corrected chi connectivity index (χ3v) is 2.93. The second kappa shape index (κ2) is 6.62. The number of aromatic nitrogens is 2. The molecule has 1 rings (SSSR count). The van der Waals surface area contributed by atoms with E-state index in [-0.39, 0.29) is 0 Å². The van der Waals surface area contributed by atoms with Crippen molar-refractivity contribution in [3.63, 3.8) is 0 Å². The molecular formula is C12H22N2O. The molecule has 2 N–H and O–H groups in total. The lowest BCUT2D eigenvalue weighted by molar-refractivity contribution is 0.131. The SMILES string of the molecule is CCCCC(CC)CC(O)c1ncc[nH]1. The van der Waals surface area contributed by atoms with Crippen molar-refractivity contribution in [2.45, 2.75) is 52.1 Å². The van der Waals surface area contributed by atoms with Crippen molar-refractivity contribution in [3.05, 3.63) is 18.2 Å². The summed E-state index contributed by atoms with van der Waals surface area (Å²) in [5.74, 6) is 1.31. The Bertz CT molecular complexity index is 246. The predicted molar refractivity (Wildman–Crippen MR) is 61.5 cm³/mol. The molecule has 1 aromatic rings. The van der Waals surface area contributed by atoms with Gasteiger partial charge in [-0.25, -0.2) is 4.98 Å². The molecule has 1 heterocycles. The average Bonchev–Trinajstić information content (AvgIpc) is 2.77. The van der Waals surface area contributed by atoms with Gasteiger partial charge in [-0.15, -0.1) is 0 Å². The molecule has 0 aliphatic rings. The summed E-state index contributed by atoms with van der Waals surface area (Å²) < 4.78 is 0. The largest absolute Gasteiger partial charge is 0.385 e. The molecule has 0 saturated heterocycles. The van der Waals surface area contributed by atoms with E-state index in [9.17, 15) is 5.11 Å². The Labute approximate surface area is 91.9 Å². The molecule has 15 heavy (non-hydrogen) atoms. The van der Waals surface area contributed by atoms with Crippen LogP contribution < -0.4 is 0 Å². The van der Waals surface area contributed by atoms with Gasteiger partial charge in [-0.2, -0.15) is 0 Å². The van der Waals surface area contributed by atoms with E-state index in [4.69, 9.17) is 0 Å². The Kier molecular flexibility index (Phi) is 5.40. The number of nitrogens with zero attached hydrogens (tertiary/aromatic N) is 1. The molecule has 0 aliphatic carbocycles. The maximum absolute atomic E-state index is 9.92. The lowest BCUT2D eigenvalue weighted by Crippen LogP contribution is -2.08. The first-order valence-electron chi connectivity index (χ1n) is 5.95. The van der Waals surface area contributed by atoms with Crippen LogP contribution in [0.4, 0.5) is 0 Å². The summed E-state index contributed by atoms with van der Waals surface area (Å²) >= 11 is 0. The highest BCUT2D eigenvalue weighted by Gasteiger charge is 2.15. The zero-order chi connectivity index (χ0) is 11.1. The van der Waals surface area contributed by atoms with Crippen molar-refractivity contribution in [2.75, 3.05) is 0 Å². The van der Waals surface area contributed by atoms with E-state index in [2.05, 4.69) is 23.8 Å². The molecule has 2 atom stereocenters. The fraction of sp³-hybridized carbons (Fsp3) is 0.750. The summed E-state index contributed by atoms with van der Waals surface area (Å²) in [5.41, 5.74) is 0. The average molecular weight is 210 g/mol. The van der Waals surface area contributed by atoms with E-state index in [0.29, 0.717) is 11.7 Å². The Morgan fingerprint density at radius 2 is 2.27 bits per heavy atom. The van der Waals surface area contributed by atoms with Crippen LogP contribution in [0.2, 0.25) is 0 Å². The van der Waals surface area contributed by atoms with E-state index < -0.39 is 6.10 Å². The number of rotatable bonds is 7. The molecular weight excluding hydrogens is 188 g/mol. The highest BCUT2D eigenvalue weighted by atomic mass is 16.3. The van der Waals surface area contributed by atoms with Gasteiger partial charge in [0.05, 0.1) is 0 Å². The fourth-order valence-electron chi connectivity index (χ4n) is 1.87. The van der Waals surface area contributed by atoms with E-state index in [1.165, 1.54) is 19.3 Å².